The Morgan fingerprint density at radius 3 is 2.36 bits per heavy atom. The molecule has 0 spiro atoms. The van der Waals surface area contributed by atoms with Gasteiger partial charge < -0.3 is 14.5 Å². The van der Waals surface area contributed by atoms with Gasteiger partial charge >= 0.3 is 12.1 Å². The van der Waals surface area contributed by atoms with Crippen molar-refractivity contribution in [1.82, 2.24) is 10.2 Å². The summed E-state index contributed by atoms with van der Waals surface area (Å²) in [7, 11) is 0. The fourth-order valence-corrected chi connectivity index (χ4v) is 3.46. The van der Waals surface area contributed by atoms with Crippen molar-refractivity contribution in [3.05, 3.63) is 23.2 Å². The molecular weight excluding hydrogens is 384 g/mol. The lowest BCUT2D eigenvalue weighted by Gasteiger charge is -2.37. The van der Waals surface area contributed by atoms with E-state index in [4.69, 9.17) is 16.3 Å². The number of anilines is 2. The predicted molar refractivity (Wildman–Crippen MR) is 107 cm³/mol. The molecule has 2 heterocycles. The van der Waals surface area contributed by atoms with E-state index in [1.165, 1.54) is 4.90 Å². The summed E-state index contributed by atoms with van der Waals surface area (Å²) in [6.07, 6.45) is -0.0534. The fourth-order valence-electron chi connectivity index (χ4n) is 3.18. The van der Waals surface area contributed by atoms with Crippen LogP contribution in [0.4, 0.5) is 21.0 Å². The smallest absolute Gasteiger partial charge is 0.410 e. The van der Waals surface area contributed by atoms with E-state index in [9.17, 15) is 14.4 Å². The van der Waals surface area contributed by atoms with E-state index >= 15 is 0 Å². The van der Waals surface area contributed by atoms with Crippen LogP contribution in [0.15, 0.2) is 18.2 Å². The Labute approximate surface area is 169 Å². The van der Waals surface area contributed by atoms with E-state index in [0.717, 1.165) is 5.69 Å². The Kier molecular flexibility index (Phi) is 5.69. The molecule has 0 radical (unpaired) electrons. The van der Waals surface area contributed by atoms with Crippen molar-refractivity contribution in [3.63, 3.8) is 0 Å². The SMILES string of the molecule is CC(C)(C)OC(=O)N1CCN(c2ccc(N3CCC(=O)NC3=O)c(Cl)c2)CC1. The number of piperazine rings is 1. The molecule has 152 valence electrons. The zero-order valence-electron chi connectivity index (χ0n) is 16.3. The van der Waals surface area contributed by atoms with Crippen molar-refractivity contribution >= 4 is 41.0 Å². The van der Waals surface area contributed by atoms with Gasteiger partial charge in [0.25, 0.3) is 0 Å². The molecule has 4 amide bonds. The summed E-state index contributed by atoms with van der Waals surface area (Å²) in [5.41, 5.74) is 0.983. The van der Waals surface area contributed by atoms with Crippen LogP contribution >= 0.6 is 11.6 Å². The third kappa shape index (κ3) is 4.67. The number of carbonyl (C=O) groups excluding carboxylic acids is 3. The molecule has 3 rings (SSSR count). The highest BCUT2D eigenvalue weighted by Gasteiger charge is 2.28. The van der Waals surface area contributed by atoms with E-state index in [0.29, 0.717) is 43.4 Å². The van der Waals surface area contributed by atoms with E-state index in [1.807, 2.05) is 32.9 Å². The van der Waals surface area contributed by atoms with Gasteiger partial charge in [0.15, 0.2) is 0 Å². The molecule has 2 fully saturated rings. The minimum atomic E-state index is -0.511. The van der Waals surface area contributed by atoms with Crippen LogP contribution in [0.2, 0.25) is 5.02 Å². The van der Waals surface area contributed by atoms with Crippen LogP contribution in [-0.2, 0) is 9.53 Å². The second-order valence-electron chi connectivity index (χ2n) is 7.85. The topological polar surface area (TPSA) is 82.2 Å². The van der Waals surface area contributed by atoms with E-state index in [2.05, 4.69) is 10.2 Å². The predicted octanol–water partition coefficient (Wildman–Crippen LogP) is 2.84. The molecule has 0 saturated carbocycles. The quantitative estimate of drug-likeness (QED) is 0.813. The third-order valence-electron chi connectivity index (χ3n) is 4.57. The van der Waals surface area contributed by atoms with E-state index < -0.39 is 11.6 Å². The lowest BCUT2D eigenvalue weighted by atomic mass is 10.2. The number of nitrogens with one attached hydrogen (secondary N) is 1. The molecule has 0 atom stereocenters. The molecule has 0 unspecified atom stereocenters. The Bertz CT molecular complexity index is 785. The Morgan fingerprint density at radius 2 is 1.79 bits per heavy atom. The highest BCUT2D eigenvalue weighted by atomic mass is 35.5. The number of carbonyl (C=O) groups is 3. The van der Waals surface area contributed by atoms with Crippen LogP contribution in [0.1, 0.15) is 27.2 Å². The number of rotatable bonds is 2. The summed E-state index contributed by atoms with van der Waals surface area (Å²) in [6.45, 7) is 8.30. The Balaban J connectivity index is 1.63. The Hall–Kier alpha value is -2.48. The molecule has 1 aromatic carbocycles. The Morgan fingerprint density at radius 1 is 1.11 bits per heavy atom. The first-order valence-electron chi connectivity index (χ1n) is 9.28. The van der Waals surface area contributed by atoms with Crippen LogP contribution in [0, 0.1) is 0 Å². The van der Waals surface area contributed by atoms with Gasteiger partial charge in [-0.3, -0.25) is 15.0 Å². The zero-order chi connectivity index (χ0) is 20.5. The van der Waals surface area contributed by atoms with E-state index in [-0.39, 0.29) is 18.4 Å². The second-order valence-corrected chi connectivity index (χ2v) is 8.25. The van der Waals surface area contributed by atoms with Crippen molar-refractivity contribution in [2.45, 2.75) is 32.8 Å². The summed E-state index contributed by atoms with van der Waals surface area (Å²) in [6, 6.07) is 5.03. The van der Waals surface area contributed by atoms with Crippen LogP contribution in [-0.4, -0.2) is 61.3 Å². The van der Waals surface area contributed by atoms with Crippen molar-refractivity contribution in [1.29, 1.82) is 0 Å². The first-order valence-corrected chi connectivity index (χ1v) is 9.65. The lowest BCUT2D eigenvalue weighted by molar-refractivity contribution is -0.120. The molecule has 1 aromatic rings. The van der Waals surface area contributed by atoms with Gasteiger partial charge in [-0.05, 0) is 39.0 Å². The summed E-state index contributed by atoms with van der Waals surface area (Å²) >= 11 is 6.42. The highest BCUT2D eigenvalue weighted by molar-refractivity contribution is 6.34. The van der Waals surface area contributed by atoms with Gasteiger partial charge in [0.05, 0.1) is 10.7 Å². The largest absolute Gasteiger partial charge is 0.444 e. The molecule has 0 aliphatic carbocycles. The maximum absolute atomic E-state index is 12.2. The van der Waals surface area contributed by atoms with Crippen LogP contribution in [0.3, 0.4) is 0 Å². The van der Waals surface area contributed by atoms with Crippen LogP contribution in [0.25, 0.3) is 0 Å². The number of benzene rings is 1. The van der Waals surface area contributed by atoms with Crippen molar-refractivity contribution in [2.24, 2.45) is 0 Å². The minimum absolute atomic E-state index is 0.246. The molecule has 1 N–H and O–H groups in total. The van der Waals surface area contributed by atoms with Gasteiger partial charge in [-0.25, -0.2) is 9.59 Å². The molecule has 28 heavy (non-hydrogen) atoms. The third-order valence-corrected chi connectivity index (χ3v) is 4.88. The monoisotopic (exact) mass is 408 g/mol. The molecule has 0 bridgehead atoms. The van der Waals surface area contributed by atoms with Gasteiger partial charge in [-0.1, -0.05) is 11.6 Å². The molecule has 8 nitrogen and oxygen atoms in total. The normalized spacial score (nSPS) is 18.2. The van der Waals surface area contributed by atoms with E-state index in [1.54, 1.807) is 11.0 Å². The van der Waals surface area contributed by atoms with Gasteiger partial charge in [0, 0.05) is 44.8 Å². The van der Waals surface area contributed by atoms with Gasteiger partial charge in [-0.2, -0.15) is 0 Å². The zero-order valence-corrected chi connectivity index (χ0v) is 17.1. The first kappa shape index (κ1) is 20.3. The second kappa shape index (κ2) is 7.87. The summed E-state index contributed by atoms with van der Waals surface area (Å²) in [4.78, 5) is 40.8. The molecule has 2 aliphatic rings. The number of ether oxygens (including phenoxy) is 1. The minimum Gasteiger partial charge on any atom is -0.444 e. The van der Waals surface area contributed by atoms with Crippen molar-refractivity contribution in [2.75, 3.05) is 42.5 Å². The molecule has 9 heteroatoms. The molecule has 2 saturated heterocycles. The van der Waals surface area contributed by atoms with Crippen molar-refractivity contribution in [3.8, 4) is 0 Å². The molecular formula is C19H25ClN4O4. The van der Waals surface area contributed by atoms with Gasteiger partial charge in [0.2, 0.25) is 5.91 Å². The number of halogens is 1. The average Bonchev–Trinajstić information content (AvgIpc) is 2.61. The van der Waals surface area contributed by atoms with Crippen LogP contribution < -0.4 is 15.1 Å². The number of amides is 4. The first-order chi connectivity index (χ1) is 13.1. The summed E-state index contributed by atoms with van der Waals surface area (Å²) in [5, 5.41) is 2.74. The number of urea groups is 1. The maximum atomic E-state index is 12.2. The van der Waals surface area contributed by atoms with Gasteiger partial charge in [0.1, 0.15) is 5.60 Å². The fraction of sp³-hybridized carbons (Fsp3) is 0.526. The van der Waals surface area contributed by atoms with Gasteiger partial charge in [-0.15, -0.1) is 0 Å². The molecule has 0 aromatic heterocycles. The molecule has 2 aliphatic heterocycles. The highest BCUT2D eigenvalue weighted by Crippen LogP contribution is 2.32. The summed E-state index contributed by atoms with van der Waals surface area (Å²) in [5.74, 6) is -0.281. The number of nitrogens with zero attached hydrogens (tertiary/aromatic N) is 3. The standard InChI is InChI=1S/C19H25ClN4O4/c1-19(2,3)28-18(27)23-10-8-22(9-11-23)13-4-5-15(14(20)12-13)24-7-6-16(25)21-17(24)26/h4-5,12H,6-11H2,1-3H3,(H,21,25,26). The van der Waals surface area contributed by atoms with Crippen LogP contribution in [0.5, 0.6) is 0 Å². The lowest BCUT2D eigenvalue weighted by Crippen LogP contribution is -2.50. The maximum Gasteiger partial charge on any atom is 0.410 e. The number of hydrogen-bond acceptors (Lipinski definition) is 5. The summed E-state index contributed by atoms with van der Waals surface area (Å²) < 4.78 is 5.42. The van der Waals surface area contributed by atoms with Crippen molar-refractivity contribution < 1.29 is 19.1 Å². The average molecular weight is 409 g/mol. The number of imide groups is 1. The number of hydrogen-bond donors (Lipinski definition) is 1.